The first-order valence-electron chi connectivity index (χ1n) is 5.87. The third-order valence-corrected chi connectivity index (χ3v) is 2.87. The van der Waals surface area contributed by atoms with Crippen molar-refractivity contribution in [2.45, 2.75) is 32.2 Å². The number of nitrogens with one attached hydrogen (secondary N) is 1. The molecule has 3 nitrogen and oxygen atoms in total. The topological polar surface area (TPSA) is 45.1 Å². The van der Waals surface area contributed by atoms with Crippen molar-refractivity contribution in [2.24, 2.45) is 0 Å². The highest BCUT2D eigenvalue weighted by Gasteiger charge is 2.03. The monoisotopic (exact) mass is 218 g/mol. The predicted octanol–water partition coefficient (Wildman–Crippen LogP) is 2.38. The summed E-state index contributed by atoms with van der Waals surface area (Å²) in [5.74, 6) is 0.222. The maximum absolute atomic E-state index is 9.08. The van der Waals surface area contributed by atoms with E-state index >= 15 is 0 Å². The Morgan fingerprint density at radius 2 is 2.31 bits per heavy atom. The fourth-order valence-electron chi connectivity index (χ4n) is 1.95. The molecule has 1 aromatic heterocycles. The number of hydrogen-bond donors (Lipinski definition) is 2. The van der Waals surface area contributed by atoms with Gasteiger partial charge in [0.2, 0.25) is 0 Å². The van der Waals surface area contributed by atoms with E-state index in [0.717, 1.165) is 25.2 Å². The van der Waals surface area contributed by atoms with Gasteiger partial charge in [-0.15, -0.1) is 0 Å². The molecule has 0 atom stereocenters. The van der Waals surface area contributed by atoms with Crippen LogP contribution in [-0.4, -0.2) is 16.6 Å². The van der Waals surface area contributed by atoms with E-state index in [1.807, 2.05) is 6.07 Å². The molecule has 0 fully saturated rings. The Kier molecular flexibility index (Phi) is 3.94. The molecule has 0 saturated carbocycles. The maximum atomic E-state index is 9.08. The number of allylic oxidation sites excluding steroid dienone is 1. The highest BCUT2D eigenvalue weighted by atomic mass is 16.3. The fourth-order valence-corrected chi connectivity index (χ4v) is 1.95. The second-order valence-corrected chi connectivity index (χ2v) is 4.19. The molecule has 1 aromatic rings. The van der Waals surface area contributed by atoms with Gasteiger partial charge in [0.1, 0.15) is 5.75 Å². The van der Waals surface area contributed by atoms with E-state index in [2.05, 4.69) is 16.4 Å². The molecular formula is C13H18N2O. The second kappa shape index (κ2) is 5.66. The minimum Gasteiger partial charge on any atom is -0.506 e. The highest BCUT2D eigenvalue weighted by Crippen LogP contribution is 2.19. The molecule has 1 heterocycles. The Morgan fingerprint density at radius 1 is 1.38 bits per heavy atom. The van der Waals surface area contributed by atoms with Gasteiger partial charge in [-0.1, -0.05) is 11.6 Å². The van der Waals surface area contributed by atoms with E-state index in [-0.39, 0.29) is 5.75 Å². The number of nitrogens with zero attached hydrogens (tertiary/aromatic N) is 1. The molecule has 0 saturated heterocycles. The lowest BCUT2D eigenvalue weighted by Crippen LogP contribution is -2.15. The highest BCUT2D eigenvalue weighted by molar-refractivity contribution is 5.17. The number of rotatable bonds is 5. The Morgan fingerprint density at radius 3 is 3.00 bits per heavy atom. The summed E-state index contributed by atoms with van der Waals surface area (Å²) in [4.78, 5) is 4.12. The molecule has 0 unspecified atom stereocenters. The van der Waals surface area contributed by atoms with E-state index in [0.29, 0.717) is 0 Å². The summed E-state index contributed by atoms with van der Waals surface area (Å²) >= 11 is 0. The third kappa shape index (κ3) is 3.35. The zero-order chi connectivity index (χ0) is 11.2. The van der Waals surface area contributed by atoms with Crippen LogP contribution in [0.25, 0.3) is 0 Å². The van der Waals surface area contributed by atoms with Gasteiger partial charge in [0, 0.05) is 6.54 Å². The van der Waals surface area contributed by atoms with Gasteiger partial charge >= 0.3 is 0 Å². The number of hydrogen-bond acceptors (Lipinski definition) is 3. The molecule has 86 valence electrons. The first kappa shape index (κ1) is 11.1. The van der Waals surface area contributed by atoms with Gasteiger partial charge in [-0.05, 0) is 44.4 Å². The lowest BCUT2D eigenvalue weighted by atomic mass is 10.2. The number of aromatic nitrogens is 1. The summed E-state index contributed by atoms with van der Waals surface area (Å²) in [7, 11) is 0. The molecule has 1 aliphatic rings. The smallest absolute Gasteiger partial charge is 0.133 e. The fraction of sp³-hybridized carbons (Fsp3) is 0.462. The van der Waals surface area contributed by atoms with Crippen molar-refractivity contribution in [1.29, 1.82) is 0 Å². The zero-order valence-electron chi connectivity index (χ0n) is 9.45. The summed E-state index contributed by atoms with van der Waals surface area (Å²) in [6.07, 6.45) is 8.86. The first-order valence-corrected chi connectivity index (χ1v) is 5.87. The van der Waals surface area contributed by atoms with Crippen LogP contribution >= 0.6 is 0 Å². The van der Waals surface area contributed by atoms with Crippen LogP contribution in [0.1, 0.15) is 31.4 Å². The average molecular weight is 218 g/mol. The zero-order valence-corrected chi connectivity index (χ0v) is 9.45. The molecule has 0 aliphatic heterocycles. The molecule has 0 radical (unpaired) electrons. The van der Waals surface area contributed by atoms with E-state index < -0.39 is 0 Å². The summed E-state index contributed by atoms with van der Waals surface area (Å²) in [6.45, 7) is 1.78. The number of aromatic hydroxyl groups is 1. The van der Waals surface area contributed by atoms with Crippen LogP contribution in [0.3, 0.4) is 0 Å². The largest absolute Gasteiger partial charge is 0.506 e. The Bertz CT molecular complexity index is 357. The molecule has 1 aliphatic carbocycles. The summed E-state index contributed by atoms with van der Waals surface area (Å²) in [5.41, 5.74) is 2.56. The normalized spacial score (nSPS) is 15.1. The van der Waals surface area contributed by atoms with E-state index in [4.69, 9.17) is 5.11 Å². The van der Waals surface area contributed by atoms with E-state index in [9.17, 15) is 0 Å². The van der Waals surface area contributed by atoms with Crippen molar-refractivity contribution in [1.82, 2.24) is 10.3 Å². The number of pyridine rings is 1. The van der Waals surface area contributed by atoms with Crippen LogP contribution in [0.4, 0.5) is 0 Å². The van der Waals surface area contributed by atoms with Crippen LogP contribution in [0, 0.1) is 0 Å². The quantitative estimate of drug-likeness (QED) is 0.589. The SMILES string of the molecule is Oc1ccc(CNCCC2=CCCC2)nc1. The Hall–Kier alpha value is -1.35. The van der Waals surface area contributed by atoms with Gasteiger partial charge in [-0.3, -0.25) is 4.98 Å². The average Bonchev–Trinajstić information content (AvgIpc) is 2.80. The van der Waals surface area contributed by atoms with E-state index in [1.165, 1.54) is 25.5 Å². The molecule has 16 heavy (non-hydrogen) atoms. The van der Waals surface area contributed by atoms with Gasteiger partial charge in [-0.25, -0.2) is 0 Å². The van der Waals surface area contributed by atoms with Crippen molar-refractivity contribution in [3.8, 4) is 5.75 Å². The van der Waals surface area contributed by atoms with Crippen molar-refractivity contribution in [3.63, 3.8) is 0 Å². The third-order valence-electron chi connectivity index (χ3n) is 2.87. The van der Waals surface area contributed by atoms with Gasteiger partial charge in [0.25, 0.3) is 0 Å². The summed E-state index contributed by atoms with van der Waals surface area (Å²) < 4.78 is 0. The Labute approximate surface area is 96.2 Å². The van der Waals surface area contributed by atoms with Gasteiger partial charge < -0.3 is 10.4 Å². The molecule has 0 amide bonds. The van der Waals surface area contributed by atoms with Crippen LogP contribution in [0.2, 0.25) is 0 Å². The summed E-state index contributed by atoms with van der Waals surface area (Å²) in [6, 6.07) is 3.51. The van der Waals surface area contributed by atoms with Gasteiger partial charge in [0.15, 0.2) is 0 Å². The van der Waals surface area contributed by atoms with Crippen molar-refractivity contribution in [3.05, 3.63) is 35.7 Å². The maximum Gasteiger partial charge on any atom is 0.133 e. The molecule has 2 N–H and O–H groups in total. The summed E-state index contributed by atoms with van der Waals surface area (Å²) in [5, 5.41) is 12.4. The van der Waals surface area contributed by atoms with Gasteiger partial charge in [-0.2, -0.15) is 0 Å². The van der Waals surface area contributed by atoms with Crippen LogP contribution in [-0.2, 0) is 6.54 Å². The van der Waals surface area contributed by atoms with E-state index in [1.54, 1.807) is 11.6 Å². The van der Waals surface area contributed by atoms with Crippen molar-refractivity contribution in [2.75, 3.05) is 6.54 Å². The van der Waals surface area contributed by atoms with Crippen LogP contribution in [0.15, 0.2) is 30.0 Å². The molecule has 2 rings (SSSR count). The molecule has 3 heteroatoms. The predicted molar refractivity (Wildman–Crippen MR) is 64.2 cm³/mol. The lowest BCUT2D eigenvalue weighted by Gasteiger charge is -2.05. The van der Waals surface area contributed by atoms with Crippen LogP contribution in [0.5, 0.6) is 5.75 Å². The second-order valence-electron chi connectivity index (χ2n) is 4.19. The van der Waals surface area contributed by atoms with Crippen molar-refractivity contribution < 1.29 is 5.11 Å². The molecule has 0 spiro atoms. The van der Waals surface area contributed by atoms with Gasteiger partial charge in [0.05, 0.1) is 11.9 Å². The lowest BCUT2D eigenvalue weighted by molar-refractivity contribution is 0.471. The Balaban J connectivity index is 1.66. The molecular weight excluding hydrogens is 200 g/mol. The van der Waals surface area contributed by atoms with Crippen molar-refractivity contribution >= 4 is 0 Å². The molecule has 0 bridgehead atoms. The standard InChI is InChI=1S/C13H18N2O/c16-13-6-5-12(15-10-13)9-14-8-7-11-3-1-2-4-11/h3,5-6,10,14,16H,1-2,4,7-9H2. The minimum atomic E-state index is 0.222. The molecule has 0 aromatic carbocycles. The first-order chi connectivity index (χ1) is 7.84. The minimum absolute atomic E-state index is 0.222. The van der Waals surface area contributed by atoms with Crippen LogP contribution < -0.4 is 5.32 Å².